The van der Waals surface area contributed by atoms with Gasteiger partial charge in [0.25, 0.3) is 0 Å². The molecule has 0 aromatic carbocycles. The quantitative estimate of drug-likeness (QED) is 0.420. The van der Waals surface area contributed by atoms with Gasteiger partial charge in [0, 0.05) is 12.5 Å². The fraction of sp³-hybridized carbons (Fsp3) is 0.933. The Kier molecular flexibility index (Phi) is 5.54. The van der Waals surface area contributed by atoms with Crippen LogP contribution in [0.4, 0.5) is 0 Å². The van der Waals surface area contributed by atoms with Crippen molar-refractivity contribution in [1.82, 2.24) is 0 Å². The van der Waals surface area contributed by atoms with E-state index in [0.29, 0.717) is 28.3 Å². The lowest BCUT2D eigenvalue weighted by atomic mass is 9.45. The monoisotopic (exact) mass is 442 g/mol. The summed E-state index contributed by atoms with van der Waals surface area (Å²) in [5.41, 5.74) is 0.829. The fourth-order valence-corrected chi connectivity index (χ4v) is 10.8. The van der Waals surface area contributed by atoms with Gasteiger partial charge in [-0.05, 0) is 116 Å². The Bertz CT molecular complexity index is 745. The van der Waals surface area contributed by atoms with Crippen LogP contribution >= 0.6 is 0 Å². The maximum Gasteiger partial charge on any atom is 0.0847 e. The first-order valence-corrected chi connectivity index (χ1v) is 14.0. The molecule has 0 aliphatic heterocycles. The van der Waals surface area contributed by atoms with Crippen LogP contribution in [-0.4, -0.2) is 23.9 Å². The largest absolute Gasteiger partial charge is 0.386 e. The van der Waals surface area contributed by atoms with Gasteiger partial charge in [0.05, 0.1) is 11.7 Å². The maximum atomic E-state index is 11.0. The van der Waals surface area contributed by atoms with Crippen molar-refractivity contribution in [3.63, 3.8) is 0 Å². The summed E-state index contributed by atoms with van der Waals surface area (Å²) in [6.07, 6.45) is 15.7. The van der Waals surface area contributed by atoms with Crippen LogP contribution in [0.15, 0.2) is 12.7 Å². The molecular formula is C30H50O2. The summed E-state index contributed by atoms with van der Waals surface area (Å²) in [6.45, 7) is 16.0. The van der Waals surface area contributed by atoms with Crippen LogP contribution in [0.2, 0.25) is 0 Å². The highest BCUT2D eigenvalue weighted by molar-refractivity contribution is 5.26. The lowest BCUT2D eigenvalue weighted by Crippen LogP contribution is -2.57. The molecule has 2 nitrogen and oxygen atoms in total. The van der Waals surface area contributed by atoms with E-state index in [0.717, 1.165) is 42.4 Å². The van der Waals surface area contributed by atoms with E-state index in [1.807, 2.05) is 7.11 Å². The Morgan fingerprint density at radius 3 is 2.47 bits per heavy atom. The number of ether oxygens (including phenoxy) is 1. The number of aliphatic hydroxyl groups is 1. The molecule has 2 heteroatoms. The Hall–Kier alpha value is -0.340. The van der Waals surface area contributed by atoms with Crippen LogP contribution in [0, 0.1) is 57.7 Å². The summed E-state index contributed by atoms with van der Waals surface area (Å²) in [7, 11) is 2.00. The zero-order chi connectivity index (χ0) is 23.1. The molecule has 0 saturated heterocycles. The zero-order valence-electron chi connectivity index (χ0n) is 21.8. The molecule has 0 bridgehead atoms. The topological polar surface area (TPSA) is 29.5 Å². The highest BCUT2D eigenvalue weighted by atomic mass is 16.5. The van der Waals surface area contributed by atoms with Gasteiger partial charge < -0.3 is 9.84 Å². The van der Waals surface area contributed by atoms with E-state index in [2.05, 4.69) is 41.2 Å². The number of methoxy groups -OCH3 is 1. The van der Waals surface area contributed by atoms with Crippen LogP contribution in [0.1, 0.15) is 98.8 Å². The highest BCUT2D eigenvalue weighted by Crippen LogP contribution is 2.82. The predicted molar refractivity (Wildman–Crippen MR) is 132 cm³/mol. The van der Waals surface area contributed by atoms with Gasteiger partial charge in [-0.1, -0.05) is 40.7 Å². The lowest BCUT2D eigenvalue weighted by molar-refractivity contribution is -0.161. The van der Waals surface area contributed by atoms with Crippen LogP contribution in [0.5, 0.6) is 0 Å². The summed E-state index contributed by atoms with van der Waals surface area (Å²) in [4.78, 5) is 0. The third kappa shape index (κ3) is 2.90. The van der Waals surface area contributed by atoms with Crippen molar-refractivity contribution >= 4 is 0 Å². The third-order valence-corrected chi connectivity index (χ3v) is 12.9. The summed E-state index contributed by atoms with van der Waals surface area (Å²) in [5.74, 6) is 5.35. The van der Waals surface area contributed by atoms with E-state index in [4.69, 9.17) is 4.74 Å². The standard InChI is InChI=1S/C30H50O2/c1-8-29(31,19(2)3)16-11-20(4)23-9-10-24-22-17-26(32-7)30-18-21(30)12-15-28(30,6)25(22)13-14-27(23,24)5/h8,19-26,31H,1,9-18H2,2-7H3/t20-,21-,22?,23-,24?,25?,26-,27-,28-,29?,30?/m1/s1. The average Bonchev–Trinajstić information content (AvgIpc) is 3.27. The summed E-state index contributed by atoms with van der Waals surface area (Å²) < 4.78 is 6.29. The smallest absolute Gasteiger partial charge is 0.0847 e. The van der Waals surface area contributed by atoms with E-state index >= 15 is 0 Å². The minimum absolute atomic E-state index is 0.230. The molecule has 1 N–H and O–H groups in total. The summed E-state index contributed by atoms with van der Waals surface area (Å²) in [5, 5.41) is 11.0. The number of hydrogen-bond acceptors (Lipinski definition) is 2. The first-order valence-electron chi connectivity index (χ1n) is 14.0. The second kappa shape index (κ2) is 7.58. The third-order valence-electron chi connectivity index (χ3n) is 12.9. The molecule has 0 amide bonds. The van der Waals surface area contributed by atoms with Crippen molar-refractivity contribution in [2.75, 3.05) is 7.11 Å². The molecule has 5 unspecified atom stereocenters. The molecule has 5 aliphatic carbocycles. The van der Waals surface area contributed by atoms with Crippen LogP contribution in [0.25, 0.3) is 0 Å². The van der Waals surface area contributed by atoms with E-state index in [-0.39, 0.29) is 5.92 Å². The van der Waals surface area contributed by atoms with Gasteiger partial charge in [-0.25, -0.2) is 0 Å². The highest BCUT2D eigenvalue weighted by Gasteiger charge is 2.77. The van der Waals surface area contributed by atoms with E-state index in [9.17, 15) is 5.11 Å². The Morgan fingerprint density at radius 2 is 1.84 bits per heavy atom. The second-order valence-electron chi connectivity index (χ2n) is 13.8. The molecule has 0 heterocycles. The zero-order valence-corrected chi connectivity index (χ0v) is 21.8. The van der Waals surface area contributed by atoms with Gasteiger partial charge in [-0.2, -0.15) is 0 Å². The van der Waals surface area contributed by atoms with Crippen molar-refractivity contribution in [1.29, 1.82) is 0 Å². The Morgan fingerprint density at radius 1 is 1.09 bits per heavy atom. The molecular weight excluding hydrogens is 392 g/mol. The molecule has 5 fully saturated rings. The van der Waals surface area contributed by atoms with Gasteiger partial charge >= 0.3 is 0 Å². The molecule has 32 heavy (non-hydrogen) atoms. The van der Waals surface area contributed by atoms with Crippen LogP contribution in [-0.2, 0) is 4.74 Å². The molecule has 5 saturated carbocycles. The minimum Gasteiger partial charge on any atom is -0.386 e. The van der Waals surface area contributed by atoms with E-state index in [1.165, 1.54) is 51.4 Å². The van der Waals surface area contributed by atoms with Crippen molar-refractivity contribution < 1.29 is 9.84 Å². The van der Waals surface area contributed by atoms with Crippen molar-refractivity contribution in [2.24, 2.45) is 57.7 Å². The average molecular weight is 443 g/mol. The van der Waals surface area contributed by atoms with Gasteiger partial charge in [0.15, 0.2) is 0 Å². The second-order valence-corrected chi connectivity index (χ2v) is 13.8. The Labute approximate surface area is 198 Å². The first kappa shape index (κ1) is 23.4. The lowest BCUT2D eigenvalue weighted by Gasteiger charge is -2.61. The van der Waals surface area contributed by atoms with Gasteiger partial charge in [-0.3, -0.25) is 0 Å². The van der Waals surface area contributed by atoms with Gasteiger partial charge in [0.1, 0.15) is 0 Å². The molecule has 11 atom stereocenters. The molecule has 0 aromatic heterocycles. The molecule has 1 spiro atoms. The minimum atomic E-state index is -0.716. The molecule has 0 aromatic rings. The fourth-order valence-electron chi connectivity index (χ4n) is 10.8. The van der Waals surface area contributed by atoms with Gasteiger partial charge in [0.2, 0.25) is 0 Å². The van der Waals surface area contributed by atoms with E-state index < -0.39 is 5.60 Å². The normalized spacial score (nSPS) is 51.9. The van der Waals surface area contributed by atoms with Crippen LogP contribution < -0.4 is 0 Å². The molecule has 0 radical (unpaired) electrons. The molecule has 5 aliphatic rings. The number of hydrogen-bond donors (Lipinski definition) is 1. The maximum absolute atomic E-state index is 11.0. The van der Waals surface area contributed by atoms with Crippen molar-refractivity contribution in [2.45, 2.75) is 111 Å². The predicted octanol–water partition coefficient (Wildman–Crippen LogP) is 7.26. The molecule has 182 valence electrons. The number of rotatable bonds is 7. The summed E-state index contributed by atoms with van der Waals surface area (Å²) >= 11 is 0. The van der Waals surface area contributed by atoms with Crippen molar-refractivity contribution in [3.8, 4) is 0 Å². The van der Waals surface area contributed by atoms with Crippen molar-refractivity contribution in [3.05, 3.63) is 12.7 Å². The SMILES string of the molecule is C=CC(O)(CC[C@@H](C)[C@H]1CCC2C3C[C@@H](OC)C45C[C@H]4CC[C@]5(C)C3CC[C@@]21C)C(C)C. The first-order chi connectivity index (χ1) is 15.1. The van der Waals surface area contributed by atoms with Crippen LogP contribution in [0.3, 0.4) is 0 Å². The molecule has 5 rings (SSSR count). The number of fused-ring (bicyclic) bond motifs is 4. The van der Waals surface area contributed by atoms with Gasteiger partial charge in [-0.15, -0.1) is 6.58 Å². The van der Waals surface area contributed by atoms with E-state index in [1.54, 1.807) is 6.08 Å². The summed E-state index contributed by atoms with van der Waals surface area (Å²) in [6, 6.07) is 0. The Balaban J connectivity index is 1.34.